The largest absolute Gasteiger partial charge is 0.370 e. The van der Waals surface area contributed by atoms with Crippen molar-refractivity contribution in [3.63, 3.8) is 0 Å². The molecule has 0 spiro atoms. The number of nitrogens with zero attached hydrogens (tertiary/aromatic N) is 2. The molecule has 5 heteroatoms. The summed E-state index contributed by atoms with van der Waals surface area (Å²) >= 11 is 0. The van der Waals surface area contributed by atoms with E-state index in [1.165, 1.54) is 0 Å². The van der Waals surface area contributed by atoms with E-state index in [9.17, 15) is 0 Å². The number of aliphatic imine (C=N–C) groups is 1. The number of hydrogen-bond acceptors (Lipinski definition) is 3. The highest BCUT2D eigenvalue weighted by Gasteiger charge is 2.28. The number of hydrogen-bond donors (Lipinski definition) is 3. The number of guanidine groups is 2. The lowest BCUT2D eigenvalue weighted by molar-refractivity contribution is 0.478. The molecule has 1 heterocycles. The third kappa shape index (κ3) is 3.11. The highest BCUT2D eigenvalue weighted by atomic mass is 15.4. The van der Waals surface area contributed by atoms with Gasteiger partial charge in [-0.15, -0.1) is 0 Å². The lowest BCUT2D eigenvalue weighted by Crippen LogP contribution is -2.51. The molecule has 0 aromatic heterocycles. The normalized spacial score (nSPS) is 18.2. The van der Waals surface area contributed by atoms with Gasteiger partial charge in [-0.1, -0.05) is 13.3 Å². The Kier molecular flexibility index (Phi) is 3.55. The first-order valence-electron chi connectivity index (χ1n) is 5.40. The molecule has 1 rings (SSSR count). The molecule has 0 radical (unpaired) electrons. The van der Waals surface area contributed by atoms with Crippen LogP contribution in [0, 0.1) is 5.41 Å². The smallest absolute Gasteiger partial charge is 0.201 e. The summed E-state index contributed by atoms with van der Waals surface area (Å²) in [4.78, 5) is 6.11. The van der Waals surface area contributed by atoms with E-state index in [-0.39, 0.29) is 11.5 Å². The van der Waals surface area contributed by atoms with Crippen LogP contribution >= 0.6 is 0 Å². The zero-order chi connectivity index (χ0) is 11.5. The molecule has 0 fully saturated rings. The molecule has 0 atom stereocenters. The molecule has 0 amide bonds. The second-order valence-corrected chi connectivity index (χ2v) is 4.54. The van der Waals surface area contributed by atoms with Crippen molar-refractivity contribution >= 4 is 11.9 Å². The van der Waals surface area contributed by atoms with E-state index in [1.807, 2.05) is 0 Å². The minimum Gasteiger partial charge on any atom is -0.370 e. The second kappa shape index (κ2) is 4.51. The number of nitrogens with two attached hydrogens (primary N) is 1. The van der Waals surface area contributed by atoms with Gasteiger partial charge >= 0.3 is 0 Å². The Morgan fingerprint density at radius 1 is 1.67 bits per heavy atom. The maximum absolute atomic E-state index is 7.51. The Labute approximate surface area is 91.2 Å². The molecule has 0 unspecified atom stereocenters. The van der Waals surface area contributed by atoms with Crippen molar-refractivity contribution in [3.05, 3.63) is 0 Å². The summed E-state index contributed by atoms with van der Waals surface area (Å²) in [7, 11) is 0. The minimum absolute atomic E-state index is 0.0186. The summed E-state index contributed by atoms with van der Waals surface area (Å²) in [5, 5.41) is 10.8. The fourth-order valence-corrected chi connectivity index (χ4v) is 1.46. The van der Waals surface area contributed by atoms with Crippen LogP contribution in [0.15, 0.2) is 4.99 Å². The molecule has 0 aromatic rings. The predicted octanol–water partition coefficient (Wildman–Crippen LogP) is 0.720. The van der Waals surface area contributed by atoms with E-state index < -0.39 is 0 Å². The molecule has 1 aliphatic rings. The van der Waals surface area contributed by atoms with Crippen LogP contribution in [0.3, 0.4) is 0 Å². The van der Waals surface area contributed by atoms with Gasteiger partial charge in [-0.3, -0.25) is 15.3 Å². The van der Waals surface area contributed by atoms with Crippen molar-refractivity contribution in [1.82, 2.24) is 10.2 Å². The van der Waals surface area contributed by atoms with Crippen molar-refractivity contribution in [1.29, 1.82) is 5.41 Å². The van der Waals surface area contributed by atoms with Crippen molar-refractivity contribution in [2.24, 2.45) is 10.7 Å². The topological polar surface area (TPSA) is 77.5 Å². The van der Waals surface area contributed by atoms with E-state index >= 15 is 0 Å². The first-order chi connectivity index (χ1) is 6.96. The van der Waals surface area contributed by atoms with Crippen molar-refractivity contribution in [2.75, 3.05) is 13.1 Å². The van der Waals surface area contributed by atoms with E-state index in [0.29, 0.717) is 0 Å². The lowest BCUT2D eigenvalue weighted by Gasteiger charge is -2.25. The fraction of sp³-hybridized carbons (Fsp3) is 0.800. The maximum Gasteiger partial charge on any atom is 0.201 e. The lowest BCUT2D eigenvalue weighted by atomic mass is 10.1. The van der Waals surface area contributed by atoms with Crippen LogP contribution in [-0.4, -0.2) is 35.4 Å². The molecular weight excluding hydrogens is 190 g/mol. The Morgan fingerprint density at radius 3 is 2.73 bits per heavy atom. The van der Waals surface area contributed by atoms with Gasteiger partial charge in [0.25, 0.3) is 0 Å². The average Bonchev–Trinajstić information content (AvgIpc) is 2.46. The Bertz CT molecular complexity index is 269. The van der Waals surface area contributed by atoms with Gasteiger partial charge in [-0.05, 0) is 20.3 Å². The van der Waals surface area contributed by atoms with Gasteiger partial charge in [-0.2, -0.15) is 0 Å². The first-order valence-corrected chi connectivity index (χ1v) is 5.40. The third-order valence-electron chi connectivity index (χ3n) is 2.36. The Morgan fingerprint density at radius 2 is 2.33 bits per heavy atom. The van der Waals surface area contributed by atoms with Crippen LogP contribution in [0.1, 0.15) is 33.6 Å². The molecule has 1 aliphatic heterocycles. The van der Waals surface area contributed by atoms with Gasteiger partial charge in [0.2, 0.25) is 5.96 Å². The molecule has 0 saturated heterocycles. The third-order valence-corrected chi connectivity index (χ3v) is 2.36. The number of rotatable bonds is 3. The zero-order valence-electron chi connectivity index (χ0n) is 9.80. The van der Waals surface area contributed by atoms with E-state index in [1.54, 1.807) is 4.90 Å². The van der Waals surface area contributed by atoms with Crippen molar-refractivity contribution in [2.45, 2.75) is 39.2 Å². The Balaban J connectivity index is 2.62. The van der Waals surface area contributed by atoms with Gasteiger partial charge in [-0.25, -0.2) is 0 Å². The quantitative estimate of drug-likeness (QED) is 0.475. The Hall–Kier alpha value is -1.26. The van der Waals surface area contributed by atoms with Crippen molar-refractivity contribution < 1.29 is 0 Å². The summed E-state index contributed by atoms with van der Waals surface area (Å²) in [6, 6.07) is 0. The summed E-state index contributed by atoms with van der Waals surface area (Å²) in [6.07, 6.45) is 2.10. The van der Waals surface area contributed by atoms with Gasteiger partial charge in [0, 0.05) is 6.54 Å². The molecule has 5 nitrogen and oxygen atoms in total. The highest BCUT2D eigenvalue weighted by Crippen LogP contribution is 2.11. The van der Waals surface area contributed by atoms with E-state index in [0.717, 1.165) is 31.9 Å². The van der Waals surface area contributed by atoms with Crippen LogP contribution in [-0.2, 0) is 0 Å². The molecule has 0 bridgehead atoms. The number of unbranched alkanes of at least 4 members (excludes halogenated alkanes) is 1. The standard InChI is InChI=1S/C10H21N5/c1-4-5-6-15(8(11)12)9-13-7-10(2,3)14-9/h4-7H2,1-3H3,(H3,11,12)(H,13,14). The van der Waals surface area contributed by atoms with E-state index in [4.69, 9.17) is 11.1 Å². The minimum atomic E-state index is -0.0186. The van der Waals surface area contributed by atoms with Crippen LogP contribution in [0.5, 0.6) is 0 Å². The number of nitrogens with one attached hydrogen (secondary N) is 2. The first kappa shape index (κ1) is 11.8. The van der Waals surface area contributed by atoms with Crippen molar-refractivity contribution in [3.8, 4) is 0 Å². The summed E-state index contributed by atoms with van der Waals surface area (Å²) in [5.74, 6) is 0.799. The maximum atomic E-state index is 7.51. The van der Waals surface area contributed by atoms with Crippen LogP contribution in [0.25, 0.3) is 0 Å². The monoisotopic (exact) mass is 211 g/mol. The zero-order valence-corrected chi connectivity index (χ0v) is 9.80. The van der Waals surface area contributed by atoms with Crippen LogP contribution in [0.4, 0.5) is 0 Å². The van der Waals surface area contributed by atoms with Crippen LogP contribution < -0.4 is 11.1 Å². The summed E-state index contributed by atoms with van der Waals surface area (Å²) < 4.78 is 0. The van der Waals surface area contributed by atoms with Gasteiger partial charge in [0.1, 0.15) is 0 Å². The molecule has 0 aliphatic carbocycles. The van der Waals surface area contributed by atoms with E-state index in [2.05, 4.69) is 31.1 Å². The second-order valence-electron chi connectivity index (χ2n) is 4.54. The summed E-state index contributed by atoms with van der Waals surface area (Å²) in [5.41, 5.74) is 5.52. The fourth-order valence-electron chi connectivity index (χ4n) is 1.46. The molecule has 86 valence electrons. The molecule has 0 aromatic carbocycles. The molecule has 0 saturated carbocycles. The average molecular weight is 211 g/mol. The molecular formula is C10H21N5. The van der Waals surface area contributed by atoms with Gasteiger partial charge in [0.05, 0.1) is 12.1 Å². The summed E-state index contributed by atoms with van der Waals surface area (Å²) in [6.45, 7) is 7.78. The van der Waals surface area contributed by atoms with Gasteiger partial charge in [0.15, 0.2) is 5.96 Å². The van der Waals surface area contributed by atoms with Crippen LogP contribution in [0.2, 0.25) is 0 Å². The SMILES string of the molecule is CCCCN(C(=N)N)C1=NCC(C)(C)N1. The predicted molar refractivity (Wildman–Crippen MR) is 63.0 cm³/mol. The molecule has 4 N–H and O–H groups in total. The van der Waals surface area contributed by atoms with Gasteiger partial charge < -0.3 is 11.1 Å². The highest BCUT2D eigenvalue weighted by molar-refractivity contribution is 5.97. The molecule has 15 heavy (non-hydrogen) atoms.